The maximum absolute atomic E-state index is 10.2. The van der Waals surface area contributed by atoms with E-state index in [-0.39, 0.29) is 0 Å². The van der Waals surface area contributed by atoms with Crippen molar-refractivity contribution in [2.24, 2.45) is 0 Å². The fraction of sp³-hybridized carbons (Fsp3) is 0. The molecule has 0 aliphatic rings. The van der Waals surface area contributed by atoms with Crippen molar-refractivity contribution < 1.29 is 0 Å². The fourth-order valence-electron chi connectivity index (χ4n) is 7.51. The summed E-state index contributed by atoms with van der Waals surface area (Å²) in [5, 5.41) is 24.0. The number of rotatable bonds is 4. The van der Waals surface area contributed by atoms with E-state index in [1.54, 1.807) is 0 Å². The minimum absolute atomic E-state index is 0.552. The van der Waals surface area contributed by atoms with Gasteiger partial charge in [-0.1, -0.05) is 97.1 Å². The molecular formula is C45H25N5. The molecule has 0 aliphatic heterocycles. The van der Waals surface area contributed by atoms with Gasteiger partial charge in [0.15, 0.2) is 5.69 Å². The summed E-state index contributed by atoms with van der Waals surface area (Å²) in [6.07, 6.45) is 0. The van der Waals surface area contributed by atoms with Crippen molar-refractivity contribution >= 4 is 49.3 Å². The third-order valence-corrected chi connectivity index (χ3v) is 9.63. The van der Waals surface area contributed by atoms with E-state index in [0.29, 0.717) is 16.8 Å². The van der Waals surface area contributed by atoms with E-state index < -0.39 is 0 Å². The van der Waals surface area contributed by atoms with Crippen molar-refractivity contribution in [1.82, 2.24) is 9.13 Å². The van der Waals surface area contributed by atoms with Gasteiger partial charge in [0.05, 0.1) is 51.5 Å². The molecule has 0 unspecified atom stereocenters. The van der Waals surface area contributed by atoms with Gasteiger partial charge >= 0.3 is 0 Å². The highest BCUT2D eigenvalue weighted by Gasteiger charge is 2.21. The molecule has 0 atom stereocenters. The summed E-state index contributed by atoms with van der Waals surface area (Å²) in [5.41, 5.74) is 11.3. The molecule has 9 aromatic rings. The van der Waals surface area contributed by atoms with E-state index in [0.717, 1.165) is 77.2 Å². The minimum Gasteiger partial charge on any atom is -0.309 e. The van der Waals surface area contributed by atoms with Crippen molar-refractivity contribution in [3.05, 3.63) is 174 Å². The van der Waals surface area contributed by atoms with Gasteiger partial charge in [-0.2, -0.15) is 10.5 Å². The minimum atomic E-state index is 0.552. The number of benzene rings is 7. The van der Waals surface area contributed by atoms with Gasteiger partial charge in [-0.05, 0) is 76.9 Å². The highest BCUT2D eigenvalue weighted by molar-refractivity contribution is 6.12. The summed E-state index contributed by atoms with van der Waals surface area (Å²) in [7, 11) is 0. The molecule has 0 spiro atoms. The first-order valence-corrected chi connectivity index (χ1v) is 16.3. The largest absolute Gasteiger partial charge is 0.309 e. The van der Waals surface area contributed by atoms with Crippen LogP contribution in [0.3, 0.4) is 0 Å². The smallest absolute Gasteiger partial charge is 0.195 e. The summed E-state index contributed by atoms with van der Waals surface area (Å²) in [6.45, 7) is 8.23. The molecule has 0 amide bonds. The zero-order valence-corrected chi connectivity index (χ0v) is 26.7. The third-order valence-electron chi connectivity index (χ3n) is 9.63. The molecule has 0 fully saturated rings. The molecule has 7 aromatic carbocycles. The van der Waals surface area contributed by atoms with Crippen LogP contribution in [0, 0.1) is 29.2 Å². The molecule has 2 aromatic heterocycles. The van der Waals surface area contributed by atoms with Crippen LogP contribution in [0.1, 0.15) is 11.1 Å². The van der Waals surface area contributed by atoms with Gasteiger partial charge in [-0.3, -0.25) is 0 Å². The Balaban J connectivity index is 1.25. The number of nitrogens with zero attached hydrogens (tertiary/aromatic N) is 5. The molecule has 5 nitrogen and oxygen atoms in total. The van der Waals surface area contributed by atoms with Crippen LogP contribution in [0.4, 0.5) is 5.69 Å². The molecule has 0 aliphatic carbocycles. The number of hydrogen-bond donors (Lipinski definition) is 0. The number of nitriles is 2. The van der Waals surface area contributed by atoms with Crippen molar-refractivity contribution in [2.75, 3.05) is 0 Å². The van der Waals surface area contributed by atoms with Gasteiger partial charge in [0.1, 0.15) is 6.07 Å². The Morgan fingerprint density at radius 3 is 1.92 bits per heavy atom. The Hall–Kier alpha value is -7.39. The lowest BCUT2D eigenvalue weighted by Gasteiger charge is -2.19. The maximum Gasteiger partial charge on any atom is 0.195 e. The van der Waals surface area contributed by atoms with E-state index in [1.165, 1.54) is 0 Å². The molecule has 50 heavy (non-hydrogen) atoms. The second kappa shape index (κ2) is 11.4. The van der Waals surface area contributed by atoms with Gasteiger partial charge in [0.2, 0.25) is 0 Å². The Morgan fingerprint density at radius 1 is 0.520 bits per heavy atom. The zero-order valence-electron chi connectivity index (χ0n) is 26.7. The first-order valence-electron chi connectivity index (χ1n) is 16.3. The van der Waals surface area contributed by atoms with Crippen molar-refractivity contribution in [3.63, 3.8) is 0 Å². The number of hydrogen-bond acceptors (Lipinski definition) is 2. The maximum atomic E-state index is 10.2. The molecule has 2 heterocycles. The Morgan fingerprint density at radius 2 is 1.16 bits per heavy atom. The van der Waals surface area contributed by atoms with Crippen LogP contribution < -0.4 is 0 Å². The number of aromatic nitrogens is 2. The second-order valence-electron chi connectivity index (χ2n) is 12.2. The second-order valence-corrected chi connectivity index (χ2v) is 12.2. The van der Waals surface area contributed by atoms with Crippen LogP contribution in [0.25, 0.3) is 82.1 Å². The lowest BCUT2D eigenvalue weighted by Crippen LogP contribution is -1.99. The van der Waals surface area contributed by atoms with E-state index in [9.17, 15) is 10.5 Å². The molecule has 0 N–H and O–H groups in total. The molecule has 5 heteroatoms. The summed E-state index contributed by atoms with van der Waals surface area (Å²) in [5.74, 6) is 0. The first kappa shape index (κ1) is 28.8. The summed E-state index contributed by atoms with van der Waals surface area (Å²) < 4.78 is 4.41. The summed E-state index contributed by atoms with van der Waals surface area (Å²) in [6, 6.07) is 55.4. The van der Waals surface area contributed by atoms with Crippen LogP contribution >= 0.6 is 0 Å². The van der Waals surface area contributed by atoms with Gasteiger partial charge in [-0.15, -0.1) is 0 Å². The van der Waals surface area contributed by atoms with Gasteiger partial charge in [-0.25, -0.2) is 4.85 Å². The van der Waals surface area contributed by atoms with Crippen LogP contribution in [0.15, 0.2) is 152 Å². The average molecular weight is 636 g/mol. The predicted octanol–water partition coefficient (Wildman–Crippen LogP) is 11.5. The Kier molecular flexibility index (Phi) is 6.56. The topological polar surface area (TPSA) is 61.8 Å². The van der Waals surface area contributed by atoms with Crippen LogP contribution in [-0.2, 0) is 0 Å². The quantitative estimate of drug-likeness (QED) is 0.181. The third kappa shape index (κ3) is 4.24. The molecule has 0 radical (unpaired) electrons. The van der Waals surface area contributed by atoms with Crippen molar-refractivity contribution in [2.45, 2.75) is 0 Å². The van der Waals surface area contributed by atoms with Crippen LogP contribution in [0.5, 0.6) is 0 Å². The first-order chi connectivity index (χ1) is 24.7. The van der Waals surface area contributed by atoms with Gasteiger partial charge in [0, 0.05) is 27.2 Å². The molecule has 0 saturated carbocycles. The predicted molar refractivity (Wildman–Crippen MR) is 202 cm³/mol. The molecular weight excluding hydrogens is 611 g/mol. The number of para-hydroxylation sites is 4. The van der Waals surface area contributed by atoms with Gasteiger partial charge in [0.25, 0.3) is 0 Å². The average Bonchev–Trinajstić information content (AvgIpc) is 3.70. The van der Waals surface area contributed by atoms with E-state index in [4.69, 9.17) is 6.57 Å². The van der Waals surface area contributed by atoms with Crippen molar-refractivity contribution in [1.29, 1.82) is 10.5 Å². The van der Waals surface area contributed by atoms with Crippen LogP contribution in [-0.4, -0.2) is 9.13 Å². The Bertz CT molecular complexity index is 2960. The SMILES string of the molecule is [C-]#[N+]c1cccc(-c2ccc(-n3c4ccccc4c4cc(C#N)ccc43)cc2)c1-c1ccccc1-n1c2ccccc2c2cccc(C#N)c21. The van der Waals surface area contributed by atoms with Crippen LogP contribution in [0.2, 0.25) is 0 Å². The highest BCUT2D eigenvalue weighted by atomic mass is 15.0. The fourth-order valence-corrected chi connectivity index (χ4v) is 7.51. The molecule has 0 saturated heterocycles. The van der Waals surface area contributed by atoms with E-state index in [2.05, 4.69) is 98.9 Å². The molecule has 0 bridgehead atoms. The molecule has 230 valence electrons. The Labute approximate surface area is 288 Å². The summed E-state index contributed by atoms with van der Waals surface area (Å²) >= 11 is 0. The van der Waals surface area contributed by atoms with E-state index in [1.807, 2.05) is 78.9 Å². The normalized spacial score (nSPS) is 11.1. The monoisotopic (exact) mass is 635 g/mol. The lowest BCUT2D eigenvalue weighted by atomic mass is 9.91. The standard InChI is InChI=1S/C45H25N5/c1-48-39-16-9-14-33(30-21-23-32(24-22-30)49-40-17-5-3-12-35(40)38-26-29(27-46)20-25-43(38)49)44(39)37-13-4-7-19-42(37)50-41-18-6-2-11-34(41)36-15-8-10-31(28-47)45(36)50/h2-26H. The van der Waals surface area contributed by atoms with E-state index >= 15 is 0 Å². The lowest BCUT2D eigenvalue weighted by molar-refractivity contribution is 1.18. The number of fused-ring (bicyclic) bond motifs is 6. The summed E-state index contributed by atoms with van der Waals surface area (Å²) in [4.78, 5) is 4.02. The van der Waals surface area contributed by atoms with Crippen molar-refractivity contribution in [3.8, 4) is 45.8 Å². The zero-order chi connectivity index (χ0) is 33.8. The molecule has 9 rings (SSSR count). The highest BCUT2D eigenvalue weighted by Crippen LogP contribution is 2.44. The van der Waals surface area contributed by atoms with Gasteiger partial charge < -0.3 is 9.13 Å².